The Morgan fingerprint density at radius 2 is 2.03 bits per heavy atom. The van der Waals surface area contributed by atoms with E-state index >= 15 is 0 Å². The van der Waals surface area contributed by atoms with E-state index in [2.05, 4.69) is 23.3 Å². The first-order valence-corrected chi connectivity index (χ1v) is 10.1. The summed E-state index contributed by atoms with van der Waals surface area (Å²) in [5, 5.41) is 2.95. The molecule has 30 heavy (non-hydrogen) atoms. The Hall–Kier alpha value is -3.28. The first-order chi connectivity index (χ1) is 14.5. The van der Waals surface area contributed by atoms with E-state index in [9.17, 15) is 4.79 Å². The van der Waals surface area contributed by atoms with Gasteiger partial charge in [0, 0.05) is 42.3 Å². The standard InChI is InChI=1S/C24H29N3O3/c1-5-18-10-9-17(15-25-18)22-12-11-19(13-23(22)30-4)26-24(28)16-27(2)20-7-6-8-21(14-20)29-3/h6-9,11-15,18H,5,10,16H2,1-4H3,(H,26,28). The highest BCUT2D eigenvalue weighted by atomic mass is 16.5. The lowest BCUT2D eigenvalue weighted by Crippen LogP contribution is -2.30. The number of ether oxygens (including phenoxy) is 2. The second-order valence-corrected chi connectivity index (χ2v) is 7.26. The minimum absolute atomic E-state index is 0.112. The number of nitrogens with one attached hydrogen (secondary N) is 1. The Bertz CT molecular complexity index is 952. The van der Waals surface area contributed by atoms with Gasteiger partial charge in [0.1, 0.15) is 11.5 Å². The number of carbonyl (C=O) groups is 1. The highest BCUT2D eigenvalue weighted by Crippen LogP contribution is 2.30. The van der Waals surface area contributed by atoms with Gasteiger partial charge in [-0.2, -0.15) is 0 Å². The molecule has 0 aromatic heterocycles. The maximum absolute atomic E-state index is 12.5. The summed E-state index contributed by atoms with van der Waals surface area (Å²) in [6.07, 6.45) is 6.07. The van der Waals surface area contributed by atoms with Crippen molar-refractivity contribution in [2.24, 2.45) is 4.99 Å². The van der Waals surface area contributed by atoms with Gasteiger partial charge in [-0.1, -0.05) is 19.1 Å². The number of hydrogen-bond acceptors (Lipinski definition) is 5. The van der Waals surface area contributed by atoms with E-state index < -0.39 is 0 Å². The topological polar surface area (TPSA) is 63.2 Å². The van der Waals surface area contributed by atoms with Crippen molar-refractivity contribution in [3.63, 3.8) is 0 Å². The zero-order chi connectivity index (χ0) is 21.5. The Labute approximate surface area is 178 Å². The molecule has 3 rings (SSSR count). The van der Waals surface area contributed by atoms with Crippen molar-refractivity contribution in [1.82, 2.24) is 0 Å². The summed E-state index contributed by atoms with van der Waals surface area (Å²) in [6, 6.07) is 13.7. The summed E-state index contributed by atoms with van der Waals surface area (Å²) in [4.78, 5) is 19.0. The molecule has 2 aromatic carbocycles. The van der Waals surface area contributed by atoms with Gasteiger partial charge in [-0.05, 0) is 42.7 Å². The number of anilines is 2. The van der Waals surface area contributed by atoms with Gasteiger partial charge in [-0.25, -0.2) is 0 Å². The average molecular weight is 408 g/mol. The fourth-order valence-electron chi connectivity index (χ4n) is 3.38. The van der Waals surface area contributed by atoms with E-state index in [-0.39, 0.29) is 12.5 Å². The van der Waals surface area contributed by atoms with Crippen LogP contribution in [0.15, 0.2) is 53.5 Å². The molecule has 0 spiro atoms. The lowest BCUT2D eigenvalue weighted by atomic mass is 9.99. The van der Waals surface area contributed by atoms with Crippen LogP contribution >= 0.6 is 0 Å². The molecule has 158 valence electrons. The second-order valence-electron chi connectivity index (χ2n) is 7.26. The Morgan fingerprint density at radius 1 is 1.20 bits per heavy atom. The van der Waals surface area contributed by atoms with Crippen LogP contribution in [0.1, 0.15) is 25.3 Å². The number of allylic oxidation sites excluding steroid dienone is 1. The molecule has 1 atom stereocenters. The van der Waals surface area contributed by atoms with Gasteiger partial charge in [-0.15, -0.1) is 0 Å². The smallest absolute Gasteiger partial charge is 0.243 e. The summed E-state index contributed by atoms with van der Waals surface area (Å²) in [7, 11) is 5.13. The fourth-order valence-corrected chi connectivity index (χ4v) is 3.38. The predicted molar refractivity (Wildman–Crippen MR) is 123 cm³/mol. The molecule has 1 amide bonds. The number of carbonyl (C=O) groups excluding carboxylic acids is 1. The quantitative estimate of drug-likeness (QED) is 0.704. The number of aliphatic imine (C=N–C) groups is 1. The molecule has 6 heteroatoms. The molecule has 1 aliphatic heterocycles. The van der Waals surface area contributed by atoms with Crippen LogP contribution in [0.25, 0.3) is 5.57 Å². The van der Waals surface area contributed by atoms with E-state index in [0.717, 1.165) is 35.4 Å². The highest BCUT2D eigenvalue weighted by Gasteiger charge is 2.14. The highest BCUT2D eigenvalue weighted by molar-refractivity contribution is 6.11. The van der Waals surface area contributed by atoms with Crippen molar-refractivity contribution >= 4 is 29.1 Å². The van der Waals surface area contributed by atoms with E-state index in [1.165, 1.54) is 0 Å². The van der Waals surface area contributed by atoms with E-state index in [4.69, 9.17) is 9.47 Å². The number of nitrogens with zero attached hydrogens (tertiary/aromatic N) is 2. The molecule has 1 unspecified atom stereocenters. The lowest BCUT2D eigenvalue weighted by molar-refractivity contribution is -0.114. The molecule has 1 heterocycles. The molecule has 0 radical (unpaired) electrons. The first kappa shape index (κ1) is 21.4. The molecule has 1 N–H and O–H groups in total. The summed E-state index contributed by atoms with van der Waals surface area (Å²) < 4.78 is 10.8. The third-order valence-electron chi connectivity index (χ3n) is 5.18. The predicted octanol–water partition coefficient (Wildman–Crippen LogP) is 4.42. The van der Waals surface area contributed by atoms with Crippen molar-refractivity contribution in [2.45, 2.75) is 25.8 Å². The van der Waals surface area contributed by atoms with E-state index in [1.807, 2.05) is 60.6 Å². The molecule has 2 aromatic rings. The van der Waals surface area contributed by atoms with Crippen LogP contribution in [-0.4, -0.2) is 46.0 Å². The Balaban J connectivity index is 1.67. The van der Waals surface area contributed by atoms with Gasteiger partial charge < -0.3 is 19.7 Å². The largest absolute Gasteiger partial charge is 0.497 e. The summed E-state index contributed by atoms with van der Waals surface area (Å²) in [5.74, 6) is 1.35. The minimum atomic E-state index is -0.112. The normalized spacial score (nSPS) is 15.3. The van der Waals surface area contributed by atoms with Crippen LogP contribution in [-0.2, 0) is 4.79 Å². The van der Waals surface area contributed by atoms with Crippen molar-refractivity contribution in [3.8, 4) is 11.5 Å². The van der Waals surface area contributed by atoms with Crippen LogP contribution in [0.2, 0.25) is 0 Å². The summed E-state index contributed by atoms with van der Waals surface area (Å²) >= 11 is 0. The molecule has 0 saturated heterocycles. The van der Waals surface area contributed by atoms with Gasteiger partial charge in [0.25, 0.3) is 0 Å². The molecule has 0 saturated carbocycles. The average Bonchev–Trinajstić information content (AvgIpc) is 2.79. The van der Waals surface area contributed by atoms with Crippen molar-refractivity contribution in [3.05, 3.63) is 54.1 Å². The van der Waals surface area contributed by atoms with Crippen LogP contribution < -0.4 is 19.7 Å². The lowest BCUT2D eigenvalue weighted by Gasteiger charge is -2.20. The van der Waals surface area contributed by atoms with E-state index in [0.29, 0.717) is 17.5 Å². The number of hydrogen-bond donors (Lipinski definition) is 1. The van der Waals surface area contributed by atoms with Gasteiger partial charge in [-0.3, -0.25) is 9.79 Å². The molecule has 1 aliphatic rings. The summed E-state index contributed by atoms with van der Waals surface area (Å²) in [6.45, 7) is 2.36. The number of methoxy groups -OCH3 is 2. The molecule has 0 aliphatic carbocycles. The number of likely N-dealkylation sites (N-methyl/N-ethyl adjacent to an activating group) is 1. The minimum Gasteiger partial charge on any atom is -0.497 e. The van der Waals surface area contributed by atoms with Crippen molar-refractivity contribution < 1.29 is 14.3 Å². The third-order valence-corrected chi connectivity index (χ3v) is 5.18. The van der Waals surface area contributed by atoms with Gasteiger partial charge in [0.05, 0.1) is 26.8 Å². The number of rotatable bonds is 8. The van der Waals surface area contributed by atoms with Crippen LogP contribution in [0.5, 0.6) is 11.5 Å². The van der Waals surface area contributed by atoms with Crippen LogP contribution in [0, 0.1) is 0 Å². The van der Waals surface area contributed by atoms with Crippen molar-refractivity contribution in [2.75, 3.05) is 38.0 Å². The maximum atomic E-state index is 12.5. The number of dihydropyridines is 1. The SMILES string of the molecule is CCC1CC=C(c2ccc(NC(=O)CN(C)c3cccc(OC)c3)cc2OC)C=N1. The zero-order valence-electron chi connectivity index (χ0n) is 18.0. The molecular formula is C24H29N3O3. The number of amides is 1. The second kappa shape index (κ2) is 9.96. The maximum Gasteiger partial charge on any atom is 0.243 e. The summed E-state index contributed by atoms with van der Waals surface area (Å²) in [5.41, 5.74) is 3.63. The fraction of sp³-hybridized carbons (Fsp3) is 0.333. The first-order valence-electron chi connectivity index (χ1n) is 10.1. The van der Waals surface area contributed by atoms with Crippen molar-refractivity contribution in [1.29, 1.82) is 0 Å². The van der Waals surface area contributed by atoms with E-state index in [1.54, 1.807) is 14.2 Å². The third kappa shape index (κ3) is 5.20. The monoisotopic (exact) mass is 407 g/mol. The molecular weight excluding hydrogens is 378 g/mol. The Morgan fingerprint density at radius 3 is 2.70 bits per heavy atom. The van der Waals surface area contributed by atoms with Gasteiger partial charge in [0.15, 0.2) is 0 Å². The van der Waals surface area contributed by atoms with Crippen LogP contribution in [0.3, 0.4) is 0 Å². The van der Waals surface area contributed by atoms with Crippen LogP contribution in [0.4, 0.5) is 11.4 Å². The Kier molecular flexibility index (Phi) is 7.12. The molecule has 6 nitrogen and oxygen atoms in total. The number of benzene rings is 2. The zero-order valence-corrected chi connectivity index (χ0v) is 18.0. The molecule has 0 fully saturated rings. The van der Waals surface area contributed by atoms with Gasteiger partial charge >= 0.3 is 0 Å². The van der Waals surface area contributed by atoms with Gasteiger partial charge in [0.2, 0.25) is 5.91 Å². The molecule has 0 bridgehead atoms.